The third-order valence-electron chi connectivity index (χ3n) is 5.22. The number of likely N-dealkylation sites (tertiary alicyclic amines) is 1. The van der Waals surface area contributed by atoms with E-state index in [2.05, 4.69) is 23.6 Å². The van der Waals surface area contributed by atoms with E-state index in [1.165, 1.54) is 0 Å². The van der Waals surface area contributed by atoms with Crippen molar-refractivity contribution in [1.29, 1.82) is 0 Å². The number of hydrogen-bond donors (Lipinski definition) is 1. The Morgan fingerprint density at radius 2 is 1.57 bits per heavy atom. The van der Waals surface area contributed by atoms with Crippen LogP contribution in [0.2, 0.25) is 0 Å². The van der Waals surface area contributed by atoms with E-state index in [9.17, 15) is 13.5 Å². The summed E-state index contributed by atoms with van der Waals surface area (Å²) >= 11 is 0. The Bertz CT molecular complexity index is 477. The van der Waals surface area contributed by atoms with Crippen LogP contribution in [-0.4, -0.2) is 90.3 Å². The SMILES string of the molecule is CC(C)S(=O)(=O)N1CCN(CC(C)(C)N2CCC(O)CC2)CC1. The molecule has 1 N–H and O–H groups in total. The van der Waals surface area contributed by atoms with Crippen molar-refractivity contribution in [2.24, 2.45) is 0 Å². The van der Waals surface area contributed by atoms with Crippen LogP contribution in [0.5, 0.6) is 0 Å². The van der Waals surface area contributed by atoms with Gasteiger partial charge in [-0.2, -0.15) is 4.31 Å². The smallest absolute Gasteiger partial charge is 0.216 e. The van der Waals surface area contributed by atoms with Gasteiger partial charge in [-0.15, -0.1) is 0 Å². The highest BCUT2D eigenvalue weighted by Crippen LogP contribution is 2.23. The molecule has 0 saturated carbocycles. The summed E-state index contributed by atoms with van der Waals surface area (Å²) < 4.78 is 26.1. The van der Waals surface area contributed by atoms with Gasteiger partial charge >= 0.3 is 0 Å². The van der Waals surface area contributed by atoms with Crippen LogP contribution in [0.1, 0.15) is 40.5 Å². The van der Waals surface area contributed by atoms with Gasteiger partial charge in [0, 0.05) is 51.4 Å². The second-order valence-electron chi connectivity index (χ2n) is 7.80. The molecule has 2 fully saturated rings. The molecule has 7 heteroatoms. The van der Waals surface area contributed by atoms with E-state index in [1.54, 1.807) is 18.2 Å². The van der Waals surface area contributed by atoms with Crippen LogP contribution in [-0.2, 0) is 10.0 Å². The Hall–Kier alpha value is -0.210. The van der Waals surface area contributed by atoms with Crippen molar-refractivity contribution < 1.29 is 13.5 Å². The van der Waals surface area contributed by atoms with Crippen molar-refractivity contribution in [3.05, 3.63) is 0 Å². The predicted octanol–water partition coefficient (Wildman–Crippen LogP) is 0.578. The minimum absolute atomic E-state index is 0.0548. The zero-order valence-corrected chi connectivity index (χ0v) is 15.8. The second kappa shape index (κ2) is 7.35. The Labute approximate surface area is 141 Å². The van der Waals surface area contributed by atoms with E-state index in [1.807, 2.05) is 0 Å². The van der Waals surface area contributed by atoms with E-state index in [4.69, 9.17) is 0 Å². The topological polar surface area (TPSA) is 64.1 Å². The fourth-order valence-electron chi connectivity index (χ4n) is 3.56. The van der Waals surface area contributed by atoms with Gasteiger partial charge in [-0.3, -0.25) is 9.80 Å². The number of aliphatic hydroxyl groups excluding tert-OH is 1. The summed E-state index contributed by atoms with van der Waals surface area (Å²) in [4.78, 5) is 4.83. The molecule has 0 spiro atoms. The normalized spacial score (nSPS) is 24.4. The number of nitrogens with zero attached hydrogens (tertiary/aromatic N) is 3. The van der Waals surface area contributed by atoms with Crippen molar-refractivity contribution in [2.75, 3.05) is 45.8 Å². The zero-order chi connectivity index (χ0) is 17.3. The van der Waals surface area contributed by atoms with Gasteiger partial charge in [-0.1, -0.05) is 0 Å². The summed E-state index contributed by atoms with van der Waals surface area (Å²) in [5, 5.41) is 9.32. The van der Waals surface area contributed by atoms with Crippen molar-refractivity contribution in [2.45, 2.75) is 57.4 Å². The highest BCUT2D eigenvalue weighted by atomic mass is 32.2. The summed E-state index contributed by atoms with van der Waals surface area (Å²) in [5.74, 6) is 0. The summed E-state index contributed by atoms with van der Waals surface area (Å²) in [7, 11) is -3.13. The maximum atomic E-state index is 12.2. The average molecular weight is 348 g/mol. The first-order valence-electron chi connectivity index (χ1n) is 8.77. The van der Waals surface area contributed by atoms with Gasteiger partial charge in [-0.05, 0) is 40.5 Å². The Balaban J connectivity index is 1.86. The zero-order valence-electron chi connectivity index (χ0n) is 15.0. The molecule has 2 saturated heterocycles. The van der Waals surface area contributed by atoms with Crippen LogP contribution in [0.25, 0.3) is 0 Å². The number of aliphatic hydroxyl groups is 1. The van der Waals surface area contributed by atoms with Gasteiger partial charge in [-0.25, -0.2) is 8.42 Å². The first-order chi connectivity index (χ1) is 10.6. The highest BCUT2D eigenvalue weighted by molar-refractivity contribution is 7.89. The minimum Gasteiger partial charge on any atom is -0.393 e. The van der Waals surface area contributed by atoms with Gasteiger partial charge in [0.2, 0.25) is 10.0 Å². The van der Waals surface area contributed by atoms with Gasteiger partial charge in [0.1, 0.15) is 0 Å². The number of piperazine rings is 1. The molecule has 0 amide bonds. The van der Waals surface area contributed by atoms with Gasteiger partial charge < -0.3 is 5.11 Å². The van der Waals surface area contributed by atoms with E-state index in [-0.39, 0.29) is 16.9 Å². The molecule has 2 rings (SSSR count). The molecule has 0 aromatic rings. The van der Waals surface area contributed by atoms with E-state index in [0.29, 0.717) is 13.1 Å². The minimum atomic E-state index is -3.13. The molecule has 136 valence electrons. The van der Waals surface area contributed by atoms with Gasteiger partial charge in [0.25, 0.3) is 0 Å². The molecule has 6 nitrogen and oxygen atoms in total. The van der Waals surface area contributed by atoms with Crippen molar-refractivity contribution >= 4 is 10.0 Å². The molecule has 0 unspecified atom stereocenters. The van der Waals surface area contributed by atoms with Gasteiger partial charge in [0.05, 0.1) is 11.4 Å². The van der Waals surface area contributed by atoms with Crippen LogP contribution in [0.15, 0.2) is 0 Å². The standard InChI is InChI=1S/C16H33N3O3S/c1-14(2)23(21,22)19-11-9-17(10-12-19)13-16(3,4)18-7-5-15(20)6-8-18/h14-15,20H,5-13H2,1-4H3. The van der Waals surface area contributed by atoms with Crippen molar-refractivity contribution in [3.8, 4) is 0 Å². The lowest BCUT2D eigenvalue weighted by atomic mass is 9.96. The van der Waals surface area contributed by atoms with Crippen molar-refractivity contribution in [3.63, 3.8) is 0 Å². The lowest BCUT2D eigenvalue weighted by molar-refractivity contribution is 0.00900. The number of rotatable bonds is 5. The van der Waals surface area contributed by atoms with Crippen LogP contribution in [0, 0.1) is 0 Å². The molecule has 2 aliphatic rings. The Kier molecular flexibility index (Phi) is 6.11. The highest BCUT2D eigenvalue weighted by Gasteiger charge is 2.34. The molecule has 23 heavy (non-hydrogen) atoms. The fraction of sp³-hybridized carbons (Fsp3) is 1.00. The molecule has 2 aliphatic heterocycles. The van der Waals surface area contributed by atoms with Crippen LogP contribution in [0.3, 0.4) is 0 Å². The Morgan fingerprint density at radius 3 is 2.04 bits per heavy atom. The van der Waals surface area contributed by atoms with Gasteiger partial charge in [0.15, 0.2) is 0 Å². The first kappa shape index (κ1) is 19.1. The first-order valence-corrected chi connectivity index (χ1v) is 10.3. The van der Waals surface area contributed by atoms with Crippen molar-refractivity contribution in [1.82, 2.24) is 14.1 Å². The van der Waals surface area contributed by atoms with Crippen LogP contribution < -0.4 is 0 Å². The summed E-state index contributed by atoms with van der Waals surface area (Å²) in [6.45, 7) is 13.6. The largest absolute Gasteiger partial charge is 0.393 e. The lowest BCUT2D eigenvalue weighted by Crippen LogP contribution is -2.58. The molecule has 0 atom stereocenters. The molecule has 0 aromatic heterocycles. The summed E-state index contributed by atoms with van der Waals surface area (Å²) in [5.41, 5.74) is 0.0548. The third-order valence-corrected chi connectivity index (χ3v) is 7.49. The number of sulfonamides is 1. The molecule has 2 heterocycles. The molecule has 0 radical (unpaired) electrons. The predicted molar refractivity (Wildman–Crippen MR) is 93.0 cm³/mol. The lowest BCUT2D eigenvalue weighted by Gasteiger charge is -2.46. The summed E-state index contributed by atoms with van der Waals surface area (Å²) in [6, 6.07) is 0. The second-order valence-corrected chi connectivity index (χ2v) is 10.3. The molecule has 0 aliphatic carbocycles. The van der Waals surface area contributed by atoms with E-state index < -0.39 is 10.0 Å². The Morgan fingerprint density at radius 1 is 1.04 bits per heavy atom. The monoisotopic (exact) mass is 347 g/mol. The third kappa shape index (κ3) is 4.66. The summed E-state index contributed by atoms with van der Waals surface area (Å²) in [6.07, 6.45) is 1.56. The molecule has 0 bridgehead atoms. The quantitative estimate of drug-likeness (QED) is 0.788. The van der Waals surface area contributed by atoms with Crippen LogP contribution >= 0.6 is 0 Å². The van der Waals surface area contributed by atoms with E-state index >= 15 is 0 Å². The van der Waals surface area contributed by atoms with Crippen LogP contribution in [0.4, 0.5) is 0 Å². The fourth-order valence-corrected chi connectivity index (χ4v) is 4.83. The maximum Gasteiger partial charge on any atom is 0.216 e. The molecular formula is C16H33N3O3S. The van der Waals surface area contributed by atoms with E-state index in [0.717, 1.165) is 45.6 Å². The number of piperidine rings is 1. The maximum absolute atomic E-state index is 12.2. The molecular weight excluding hydrogens is 314 g/mol. The average Bonchev–Trinajstić information content (AvgIpc) is 2.47. The number of hydrogen-bond acceptors (Lipinski definition) is 5. The molecule has 0 aromatic carbocycles.